The number of para-hydroxylation sites is 3. The standard InChI is InChI=1S/C51H29N5S/c52-30-32-13-23-43-41-7-1-4-10-46(41)55(48(43)25-32)39-19-15-34(16-20-39)36-27-37(29-38(28-36)51-54-45-9-3-6-12-50(45)57-51)35-17-21-40(22-18-35)56-47-11-5-2-8-42(47)44-24-14-33(31-53)26-49(44)56/h1-29H. The Balaban J connectivity index is 1.04. The van der Waals surface area contributed by atoms with Gasteiger partial charge in [-0.1, -0.05) is 84.9 Å². The van der Waals surface area contributed by atoms with Crippen LogP contribution in [0.3, 0.4) is 0 Å². The van der Waals surface area contributed by atoms with Crippen LogP contribution in [0.4, 0.5) is 0 Å². The third-order valence-corrected chi connectivity index (χ3v) is 12.1. The number of hydrogen-bond acceptors (Lipinski definition) is 4. The summed E-state index contributed by atoms with van der Waals surface area (Å²) < 4.78 is 5.65. The van der Waals surface area contributed by atoms with Crippen molar-refractivity contribution >= 4 is 65.2 Å². The molecule has 0 unspecified atom stereocenters. The Morgan fingerprint density at radius 1 is 0.404 bits per heavy atom. The minimum atomic E-state index is 0.638. The fraction of sp³-hybridized carbons (Fsp3) is 0. The fourth-order valence-electron chi connectivity index (χ4n) is 8.32. The smallest absolute Gasteiger partial charge is 0.124 e. The summed E-state index contributed by atoms with van der Waals surface area (Å²) in [7, 11) is 0. The van der Waals surface area contributed by atoms with E-state index in [-0.39, 0.29) is 0 Å². The van der Waals surface area contributed by atoms with E-state index in [1.165, 1.54) is 0 Å². The van der Waals surface area contributed by atoms with Gasteiger partial charge in [0.1, 0.15) is 5.01 Å². The summed E-state index contributed by atoms with van der Waals surface area (Å²) in [4.78, 5) is 5.06. The van der Waals surface area contributed by atoms with E-state index >= 15 is 0 Å². The number of thiazole rings is 1. The number of nitrogens with zero attached hydrogens (tertiary/aromatic N) is 5. The number of hydrogen-bond donors (Lipinski definition) is 0. The topological polar surface area (TPSA) is 70.3 Å². The molecule has 0 saturated heterocycles. The van der Waals surface area contributed by atoms with E-state index in [2.05, 4.69) is 167 Å². The second-order valence-electron chi connectivity index (χ2n) is 14.3. The van der Waals surface area contributed by atoms with Gasteiger partial charge in [0.25, 0.3) is 0 Å². The van der Waals surface area contributed by atoms with Crippen molar-refractivity contribution in [3.63, 3.8) is 0 Å². The first-order chi connectivity index (χ1) is 28.1. The molecule has 0 saturated carbocycles. The summed E-state index contributed by atoms with van der Waals surface area (Å²) in [5.41, 5.74) is 14.0. The van der Waals surface area contributed by atoms with Crippen LogP contribution in [0.5, 0.6) is 0 Å². The van der Waals surface area contributed by atoms with Gasteiger partial charge in [0.05, 0.1) is 55.5 Å². The van der Waals surface area contributed by atoms with E-state index in [4.69, 9.17) is 4.98 Å². The number of fused-ring (bicyclic) bond motifs is 7. The first-order valence-electron chi connectivity index (χ1n) is 18.7. The normalized spacial score (nSPS) is 11.5. The van der Waals surface area contributed by atoms with Crippen molar-refractivity contribution in [1.29, 1.82) is 10.5 Å². The first-order valence-corrected chi connectivity index (χ1v) is 19.5. The lowest BCUT2D eigenvalue weighted by Crippen LogP contribution is -1.95. The number of nitriles is 2. The Kier molecular flexibility index (Phi) is 7.40. The van der Waals surface area contributed by atoms with E-state index < -0.39 is 0 Å². The first kappa shape index (κ1) is 32.6. The molecule has 3 heterocycles. The molecule has 5 nitrogen and oxygen atoms in total. The number of benzene rings is 8. The van der Waals surface area contributed by atoms with E-state index in [1.54, 1.807) is 11.3 Å². The van der Waals surface area contributed by atoms with Crippen molar-refractivity contribution in [1.82, 2.24) is 14.1 Å². The Hall–Kier alpha value is -7.77. The summed E-state index contributed by atoms with van der Waals surface area (Å²) in [6.07, 6.45) is 0. The molecule has 8 aromatic carbocycles. The van der Waals surface area contributed by atoms with Crippen LogP contribution in [0.1, 0.15) is 11.1 Å². The van der Waals surface area contributed by atoms with Crippen molar-refractivity contribution in [2.75, 3.05) is 0 Å². The minimum Gasteiger partial charge on any atom is -0.309 e. The second kappa shape index (κ2) is 12.9. The van der Waals surface area contributed by atoms with Crippen LogP contribution < -0.4 is 0 Å². The van der Waals surface area contributed by atoms with Gasteiger partial charge in [0.15, 0.2) is 0 Å². The summed E-state index contributed by atoms with van der Waals surface area (Å²) >= 11 is 1.71. The van der Waals surface area contributed by atoms with Gasteiger partial charge in [-0.15, -0.1) is 11.3 Å². The second-order valence-corrected chi connectivity index (χ2v) is 15.3. The lowest BCUT2D eigenvalue weighted by molar-refractivity contribution is 1.18. The quantitative estimate of drug-likeness (QED) is 0.176. The highest BCUT2D eigenvalue weighted by atomic mass is 32.1. The third kappa shape index (κ3) is 5.32. The maximum atomic E-state index is 9.72. The molecule has 11 aromatic rings. The Morgan fingerprint density at radius 2 is 0.860 bits per heavy atom. The van der Waals surface area contributed by atoms with E-state index in [9.17, 15) is 10.5 Å². The predicted octanol–water partition coefficient (Wildman–Crippen LogP) is 13.2. The average Bonchev–Trinajstić information content (AvgIpc) is 3.96. The highest BCUT2D eigenvalue weighted by molar-refractivity contribution is 7.21. The van der Waals surface area contributed by atoms with Crippen molar-refractivity contribution in [2.24, 2.45) is 0 Å². The molecule has 0 spiro atoms. The van der Waals surface area contributed by atoms with Crippen LogP contribution in [0.25, 0.3) is 98.0 Å². The van der Waals surface area contributed by atoms with Crippen molar-refractivity contribution in [3.8, 4) is 56.3 Å². The Bertz CT molecular complexity index is 3250. The van der Waals surface area contributed by atoms with Crippen LogP contribution in [-0.4, -0.2) is 14.1 Å². The molecule has 0 atom stereocenters. The lowest BCUT2D eigenvalue weighted by atomic mass is 9.96. The van der Waals surface area contributed by atoms with Gasteiger partial charge in [-0.25, -0.2) is 4.98 Å². The molecule has 57 heavy (non-hydrogen) atoms. The molecule has 11 rings (SSSR count). The van der Waals surface area contributed by atoms with Crippen molar-refractivity contribution in [2.45, 2.75) is 0 Å². The summed E-state index contributed by atoms with van der Waals surface area (Å²) in [6, 6.07) is 65.8. The maximum Gasteiger partial charge on any atom is 0.124 e. The van der Waals surface area contributed by atoms with Gasteiger partial charge in [0, 0.05) is 38.5 Å². The average molecular weight is 744 g/mol. The molecular weight excluding hydrogens is 715 g/mol. The lowest BCUT2D eigenvalue weighted by Gasteiger charge is -2.13. The van der Waals surface area contributed by atoms with Crippen molar-refractivity contribution < 1.29 is 0 Å². The molecule has 0 aliphatic rings. The zero-order valence-corrected chi connectivity index (χ0v) is 31.2. The van der Waals surface area contributed by atoms with E-state index in [0.717, 1.165) is 98.0 Å². The van der Waals surface area contributed by atoms with Crippen LogP contribution in [0.2, 0.25) is 0 Å². The van der Waals surface area contributed by atoms with Gasteiger partial charge < -0.3 is 9.13 Å². The van der Waals surface area contributed by atoms with Gasteiger partial charge in [-0.2, -0.15) is 10.5 Å². The van der Waals surface area contributed by atoms with Gasteiger partial charge in [-0.3, -0.25) is 0 Å². The molecule has 0 bridgehead atoms. The maximum absolute atomic E-state index is 9.72. The van der Waals surface area contributed by atoms with Crippen LogP contribution in [0.15, 0.2) is 176 Å². The largest absolute Gasteiger partial charge is 0.309 e. The molecular formula is C51H29N5S. The molecule has 0 aliphatic carbocycles. The Morgan fingerprint density at radius 3 is 1.37 bits per heavy atom. The molecule has 6 heteroatoms. The van der Waals surface area contributed by atoms with Crippen LogP contribution in [0, 0.1) is 22.7 Å². The third-order valence-electron chi connectivity index (χ3n) is 11.0. The van der Waals surface area contributed by atoms with Gasteiger partial charge in [0.2, 0.25) is 0 Å². The summed E-state index contributed by atoms with van der Waals surface area (Å²) in [6.45, 7) is 0. The zero-order chi connectivity index (χ0) is 38.0. The van der Waals surface area contributed by atoms with E-state index in [0.29, 0.717) is 11.1 Å². The monoisotopic (exact) mass is 743 g/mol. The number of rotatable bonds is 5. The Labute approximate surface area is 331 Å². The fourth-order valence-corrected chi connectivity index (χ4v) is 9.28. The highest BCUT2D eigenvalue weighted by Crippen LogP contribution is 2.39. The molecule has 3 aromatic heterocycles. The highest BCUT2D eigenvalue weighted by Gasteiger charge is 2.16. The molecule has 0 amide bonds. The summed E-state index contributed by atoms with van der Waals surface area (Å²) in [5, 5.41) is 25.0. The van der Waals surface area contributed by atoms with Gasteiger partial charge in [-0.05, 0) is 113 Å². The molecule has 264 valence electrons. The van der Waals surface area contributed by atoms with Crippen molar-refractivity contribution in [3.05, 3.63) is 187 Å². The van der Waals surface area contributed by atoms with Gasteiger partial charge >= 0.3 is 0 Å². The minimum absolute atomic E-state index is 0.638. The number of aromatic nitrogens is 3. The molecule has 0 aliphatic heterocycles. The molecule has 0 radical (unpaired) electrons. The van der Waals surface area contributed by atoms with Crippen LogP contribution in [-0.2, 0) is 0 Å². The SMILES string of the molecule is N#Cc1ccc2c3ccccc3n(-c3ccc(-c4cc(-c5ccc(-n6c7ccccc7c7ccc(C#N)cc76)cc5)cc(-c5nc6ccccc6s5)c4)cc3)c2c1. The van der Waals surface area contributed by atoms with Crippen LogP contribution >= 0.6 is 11.3 Å². The predicted molar refractivity (Wildman–Crippen MR) is 234 cm³/mol. The summed E-state index contributed by atoms with van der Waals surface area (Å²) in [5.74, 6) is 0. The van der Waals surface area contributed by atoms with E-state index in [1.807, 2.05) is 30.3 Å². The molecule has 0 N–H and O–H groups in total. The zero-order valence-electron chi connectivity index (χ0n) is 30.4. The molecule has 0 fully saturated rings.